The molecule has 0 atom stereocenters. The first-order valence-electron chi connectivity index (χ1n) is 5.80. The molecule has 0 aliphatic rings. The van der Waals surface area contributed by atoms with Gasteiger partial charge >= 0.3 is 5.97 Å². The van der Waals surface area contributed by atoms with Crippen LogP contribution in [0.15, 0.2) is 47.1 Å². The van der Waals surface area contributed by atoms with Crippen molar-refractivity contribution in [2.75, 3.05) is 4.72 Å². The Morgan fingerprint density at radius 1 is 1.24 bits per heavy atom. The van der Waals surface area contributed by atoms with Gasteiger partial charge in [-0.05, 0) is 45.8 Å². The summed E-state index contributed by atoms with van der Waals surface area (Å²) in [6, 6.07) is 9.01. The van der Waals surface area contributed by atoms with Crippen molar-refractivity contribution in [1.29, 1.82) is 0 Å². The standard InChI is InChI=1S/C13H11BrN2O4S/c14-11-2-1-7-15-12(11)16-21(19,20)8-9-3-5-10(6-4-9)13(17)18/h1-7H,8H2,(H,15,16)(H,17,18). The van der Waals surface area contributed by atoms with Crippen molar-refractivity contribution in [3.8, 4) is 0 Å². The second-order valence-electron chi connectivity index (χ2n) is 4.20. The van der Waals surface area contributed by atoms with E-state index in [9.17, 15) is 13.2 Å². The predicted molar refractivity (Wildman–Crippen MR) is 81.6 cm³/mol. The Morgan fingerprint density at radius 2 is 1.90 bits per heavy atom. The maximum Gasteiger partial charge on any atom is 0.335 e. The van der Waals surface area contributed by atoms with Gasteiger partial charge in [0.15, 0.2) is 5.82 Å². The highest BCUT2D eigenvalue weighted by atomic mass is 79.9. The van der Waals surface area contributed by atoms with Crippen molar-refractivity contribution in [2.24, 2.45) is 0 Å². The van der Waals surface area contributed by atoms with Crippen LogP contribution in [0.4, 0.5) is 5.82 Å². The molecule has 0 saturated heterocycles. The molecular weight excluding hydrogens is 360 g/mol. The monoisotopic (exact) mass is 370 g/mol. The minimum Gasteiger partial charge on any atom is -0.478 e. The molecule has 21 heavy (non-hydrogen) atoms. The predicted octanol–water partition coefficient (Wildman–Crippen LogP) is 2.48. The fourth-order valence-electron chi connectivity index (χ4n) is 1.61. The van der Waals surface area contributed by atoms with Crippen LogP contribution >= 0.6 is 15.9 Å². The minimum atomic E-state index is -3.63. The number of hydrogen-bond acceptors (Lipinski definition) is 4. The first kappa shape index (κ1) is 15.5. The number of rotatable bonds is 5. The number of carboxylic acid groups (broad SMARTS) is 1. The Hall–Kier alpha value is -1.93. The van der Waals surface area contributed by atoms with Gasteiger partial charge in [0.25, 0.3) is 0 Å². The van der Waals surface area contributed by atoms with Gasteiger partial charge < -0.3 is 5.11 Å². The second-order valence-corrected chi connectivity index (χ2v) is 6.77. The maximum atomic E-state index is 12.1. The summed E-state index contributed by atoms with van der Waals surface area (Å²) in [4.78, 5) is 14.7. The highest BCUT2D eigenvalue weighted by molar-refractivity contribution is 9.10. The summed E-state index contributed by atoms with van der Waals surface area (Å²) in [6.45, 7) is 0. The number of carboxylic acids is 1. The molecule has 0 amide bonds. The van der Waals surface area contributed by atoms with Gasteiger partial charge in [0.1, 0.15) is 0 Å². The van der Waals surface area contributed by atoms with E-state index in [1.165, 1.54) is 30.5 Å². The Morgan fingerprint density at radius 3 is 2.48 bits per heavy atom. The van der Waals surface area contributed by atoms with Crippen molar-refractivity contribution in [1.82, 2.24) is 4.98 Å². The van der Waals surface area contributed by atoms with E-state index in [0.29, 0.717) is 10.0 Å². The van der Waals surface area contributed by atoms with E-state index < -0.39 is 16.0 Å². The maximum absolute atomic E-state index is 12.1. The molecule has 0 aliphatic heterocycles. The molecule has 0 unspecified atom stereocenters. The topological polar surface area (TPSA) is 96.4 Å². The molecule has 0 aliphatic carbocycles. The molecular formula is C13H11BrN2O4S. The molecule has 0 radical (unpaired) electrons. The molecule has 0 fully saturated rings. The Bertz CT molecular complexity index is 760. The number of aromatic carboxylic acids is 1. The Kier molecular flexibility index (Phi) is 4.59. The summed E-state index contributed by atoms with van der Waals surface area (Å²) in [5.74, 6) is -1.12. The van der Waals surface area contributed by atoms with E-state index >= 15 is 0 Å². The van der Waals surface area contributed by atoms with Gasteiger partial charge in [-0.25, -0.2) is 18.2 Å². The number of benzene rings is 1. The van der Waals surface area contributed by atoms with E-state index in [2.05, 4.69) is 25.6 Å². The Labute approximate surface area is 130 Å². The van der Waals surface area contributed by atoms with Crippen LogP contribution in [0.25, 0.3) is 0 Å². The normalized spacial score (nSPS) is 11.1. The van der Waals surface area contributed by atoms with E-state index in [0.717, 1.165) is 0 Å². The minimum absolute atomic E-state index is 0.108. The number of pyridine rings is 1. The summed E-state index contributed by atoms with van der Waals surface area (Å²) >= 11 is 3.21. The number of hydrogen-bond donors (Lipinski definition) is 2. The summed E-state index contributed by atoms with van der Waals surface area (Å²) in [7, 11) is -3.63. The van der Waals surface area contributed by atoms with E-state index in [-0.39, 0.29) is 17.1 Å². The summed E-state index contributed by atoms with van der Waals surface area (Å²) in [5, 5.41) is 8.79. The first-order valence-corrected chi connectivity index (χ1v) is 8.25. The summed E-state index contributed by atoms with van der Waals surface area (Å²) in [6.07, 6.45) is 1.48. The van der Waals surface area contributed by atoms with E-state index in [1.54, 1.807) is 12.1 Å². The van der Waals surface area contributed by atoms with Gasteiger partial charge in [0.2, 0.25) is 10.0 Å². The molecule has 1 heterocycles. The van der Waals surface area contributed by atoms with Gasteiger partial charge in [0.05, 0.1) is 15.8 Å². The van der Waals surface area contributed by atoms with Gasteiger partial charge in [-0.15, -0.1) is 0 Å². The molecule has 110 valence electrons. The molecule has 6 nitrogen and oxygen atoms in total. The molecule has 1 aromatic carbocycles. The van der Waals surface area contributed by atoms with Crippen LogP contribution in [0.1, 0.15) is 15.9 Å². The van der Waals surface area contributed by atoms with Crippen LogP contribution < -0.4 is 4.72 Å². The van der Waals surface area contributed by atoms with E-state index in [4.69, 9.17) is 5.11 Å². The zero-order chi connectivity index (χ0) is 15.5. The number of halogens is 1. The number of nitrogens with zero attached hydrogens (tertiary/aromatic N) is 1. The largest absolute Gasteiger partial charge is 0.478 e. The number of aromatic nitrogens is 1. The highest BCUT2D eigenvalue weighted by Crippen LogP contribution is 2.20. The molecule has 0 saturated carbocycles. The highest BCUT2D eigenvalue weighted by Gasteiger charge is 2.14. The van der Waals surface area contributed by atoms with Crippen molar-refractivity contribution >= 4 is 37.7 Å². The van der Waals surface area contributed by atoms with Crippen molar-refractivity contribution in [3.63, 3.8) is 0 Å². The molecule has 0 spiro atoms. The number of nitrogens with one attached hydrogen (secondary N) is 1. The number of sulfonamides is 1. The molecule has 0 bridgehead atoms. The third-order valence-electron chi connectivity index (χ3n) is 2.57. The quantitative estimate of drug-likeness (QED) is 0.842. The lowest BCUT2D eigenvalue weighted by molar-refractivity contribution is 0.0697. The average molecular weight is 371 g/mol. The zero-order valence-electron chi connectivity index (χ0n) is 10.7. The van der Waals surface area contributed by atoms with E-state index in [1.807, 2.05) is 0 Å². The second kappa shape index (κ2) is 6.23. The fourth-order valence-corrected chi connectivity index (χ4v) is 3.25. The van der Waals surface area contributed by atoms with Crippen LogP contribution in [0.2, 0.25) is 0 Å². The molecule has 2 rings (SSSR count). The average Bonchev–Trinajstić information content (AvgIpc) is 2.41. The van der Waals surface area contributed by atoms with Crippen LogP contribution in [-0.4, -0.2) is 24.5 Å². The lowest BCUT2D eigenvalue weighted by atomic mass is 10.1. The van der Waals surface area contributed by atoms with Crippen LogP contribution in [0.3, 0.4) is 0 Å². The fraction of sp³-hybridized carbons (Fsp3) is 0.0769. The Balaban J connectivity index is 2.14. The zero-order valence-corrected chi connectivity index (χ0v) is 13.1. The number of carbonyl (C=O) groups is 1. The van der Waals surface area contributed by atoms with Crippen molar-refractivity contribution < 1.29 is 18.3 Å². The lowest BCUT2D eigenvalue weighted by Gasteiger charge is -2.08. The third-order valence-corrected chi connectivity index (χ3v) is 4.43. The smallest absolute Gasteiger partial charge is 0.335 e. The molecule has 1 aromatic heterocycles. The summed E-state index contributed by atoms with van der Waals surface area (Å²) < 4.78 is 27.0. The van der Waals surface area contributed by atoms with Crippen molar-refractivity contribution in [2.45, 2.75) is 5.75 Å². The summed E-state index contributed by atoms with van der Waals surface area (Å²) in [5.41, 5.74) is 0.594. The SMILES string of the molecule is O=C(O)c1ccc(CS(=O)(=O)Nc2ncccc2Br)cc1. The van der Waals surface area contributed by atoms with Crippen LogP contribution in [0, 0.1) is 0 Å². The number of anilines is 1. The van der Waals surface area contributed by atoms with Gasteiger partial charge in [-0.2, -0.15) is 0 Å². The lowest BCUT2D eigenvalue weighted by Crippen LogP contribution is -2.16. The molecule has 2 N–H and O–H groups in total. The molecule has 8 heteroatoms. The van der Waals surface area contributed by atoms with Gasteiger partial charge in [-0.1, -0.05) is 12.1 Å². The van der Waals surface area contributed by atoms with Crippen LogP contribution in [-0.2, 0) is 15.8 Å². The third kappa shape index (κ3) is 4.27. The molecule has 2 aromatic rings. The van der Waals surface area contributed by atoms with Crippen molar-refractivity contribution in [3.05, 3.63) is 58.2 Å². The van der Waals surface area contributed by atoms with Gasteiger partial charge in [-0.3, -0.25) is 4.72 Å². The van der Waals surface area contributed by atoms with Crippen LogP contribution in [0.5, 0.6) is 0 Å². The first-order chi connectivity index (χ1) is 9.87. The van der Waals surface area contributed by atoms with Gasteiger partial charge in [0, 0.05) is 6.20 Å².